The molecular weight excluding hydrogens is 519 g/mol. The number of benzene rings is 2. The molecule has 37 heavy (non-hydrogen) atoms. The number of rotatable bonds is 6. The number of aliphatic hydroxyl groups excluding tert-OH is 1. The van der Waals surface area contributed by atoms with E-state index in [9.17, 15) is 9.90 Å². The van der Waals surface area contributed by atoms with Gasteiger partial charge in [-0.15, -0.1) is 0 Å². The predicted molar refractivity (Wildman–Crippen MR) is 144 cm³/mol. The van der Waals surface area contributed by atoms with Crippen LogP contribution in [0.25, 0.3) is 22.0 Å². The Hall–Kier alpha value is -3.01. The Morgan fingerprint density at radius 3 is 2.43 bits per heavy atom. The molecule has 1 amide bonds. The highest BCUT2D eigenvalue weighted by atomic mass is 35.5. The van der Waals surface area contributed by atoms with E-state index in [1.165, 1.54) is 14.2 Å². The monoisotopic (exact) mass is 548 g/mol. The first-order valence-electron chi connectivity index (χ1n) is 11.8. The second-order valence-electron chi connectivity index (χ2n) is 9.80. The summed E-state index contributed by atoms with van der Waals surface area (Å²) in [6, 6.07) is 6.78. The van der Waals surface area contributed by atoms with Gasteiger partial charge in [0.25, 0.3) is 0 Å². The first kappa shape index (κ1) is 27.0. The van der Waals surface area contributed by atoms with E-state index in [1.54, 1.807) is 17.2 Å². The van der Waals surface area contributed by atoms with E-state index in [2.05, 4.69) is 15.3 Å². The van der Waals surface area contributed by atoms with Gasteiger partial charge in [0, 0.05) is 35.8 Å². The summed E-state index contributed by atoms with van der Waals surface area (Å²) >= 11 is 13.2. The third-order valence-electron chi connectivity index (χ3n) is 6.03. The number of nitrogens with one attached hydrogen (secondary N) is 1. The van der Waals surface area contributed by atoms with Gasteiger partial charge in [0.05, 0.1) is 42.4 Å². The Labute approximate surface area is 225 Å². The fraction of sp³-hybridized carbons (Fsp3) is 0.423. The molecule has 11 heteroatoms. The largest absolute Gasteiger partial charge is 0.495 e. The molecule has 198 valence electrons. The fourth-order valence-electron chi connectivity index (χ4n) is 4.32. The van der Waals surface area contributed by atoms with E-state index in [0.717, 1.165) is 10.9 Å². The first-order chi connectivity index (χ1) is 17.5. The van der Waals surface area contributed by atoms with Crippen molar-refractivity contribution in [3.63, 3.8) is 0 Å². The zero-order valence-corrected chi connectivity index (χ0v) is 22.9. The molecule has 1 aliphatic rings. The van der Waals surface area contributed by atoms with Crippen molar-refractivity contribution in [3.05, 3.63) is 40.5 Å². The van der Waals surface area contributed by atoms with Gasteiger partial charge in [0.1, 0.15) is 17.1 Å². The molecule has 0 saturated carbocycles. The summed E-state index contributed by atoms with van der Waals surface area (Å²) in [5, 5.41) is 14.6. The van der Waals surface area contributed by atoms with Crippen LogP contribution in [0.1, 0.15) is 27.2 Å². The summed E-state index contributed by atoms with van der Waals surface area (Å²) in [7, 11) is 3.06. The van der Waals surface area contributed by atoms with Crippen molar-refractivity contribution in [2.75, 3.05) is 32.7 Å². The van der Waals surface area contributed by atoms with Crippen LogP contribution in [0, 0.1) is 0 Å². The Balaban J connectivity index is 1.56. The number of halogens is 2. The summed E-state index contributed by atoms with van der Waals surface area (Å²) in [6.45, 7) is 5.65. The summed E-state index contributed by atoms with van der Waals surface area (Å²) in [4.78, 5) is 23.2. The van der Waals surface area contributed by atoms with Gasteiger partial charge < -0.3 is 29.5 Å². The van der Waals surface area contributed by atoms with Gasteiger partial charge in [-0.3, -0.25) is 0 Å². The number of carbonyl (C=O) groups excluding carboxylic acids is 1. The molecular formula is C26H30Cl2N4O5. The fourth-order valence-corrected chi connectivity index (χ4v) is 5.04. The van der Waals surface area contributed by atoms with Gasteiger partial charge in [-0.2, -0.15) is 0 Å². The van der Waals surface area contributed by atoms with E-state index in [4.69, 9.17) is 37.4 Å². The SMILES string of the molecule is COc1cc(OC)c(Cl)c(-c2ccc3nc(N[C@H]4C[C@@H](CO)N(C(=O)OC(C)(C)C)C4)ncc3c2)c1Cl. The zero-order chi connectivity index (χ0) is 26.9. The second-order valence-corrected chi connectivity index (χ2v) is 10.6. The summed E-state index contributed by atoms with van der Waals surface area (Å²) in [5.41, 5.74) is 1.45. The standard InChI is InChI=1S/C26H30Cl2N4O5/c1-26(2,3)37-25(34)32-12-16(9-17(32)13-33)30-24-29-11-15-8-14(6-7-18(15)31-24)21-22(27)19(35-4)10-20(36-5)23(21)28/h6-8,10-11,16-17,33H,9,12-13H2,1-5H3,(H,29,30,31)/t16-,17-/m0/s1. The molecule has 0 aliphatic carbocycles. The third-order valence-corrected chi connectivity index (χ3v) is 6.78. The Morgan fingerprint density at radius 2 is 1.84 bits per heavy atom. The molecule has 2 heterocycles. The van der Waals surface area contributed by atoms with Crippen LogP contribution in [0.5, 0.6) is 11.5 Å². The van der Waals surface area contributed by atoms with Crippen molar-refractivity contribution >= 4 is 46.1 Å². The minimum atomic E-state index is -0.618. The minimum Gasteiger partial charge on any atom is -0.495 e. The zero-order valence-electron chi connectivity index (χ0n) is 21.3. The number of fused-ring (bicyclic) bond motifs is 1. The van der Waals surface area contributed by atoms with Crippen molar-refractivity contribution in [2.45, 2.75) is 44.9 Å². The predicted octanol–water partition coefficient (Wildman–Crippen LogP) is 5.40. The number of hydrogen-bond acceptors (Lipinski definition) is 8. The van der Waals surface area contributed by atoms with E-state index in [-0.39, 0.29) is 18.7 Å². The Bertz CT molecular complexity index is 1290. The topological polar surface area (TPSA) is 106 Å². The smallest absolute Gasteiger partial charge is 0.410 e. The quantitative estimate of drug-likeness (QED) is 0.421. The van der Waals surface area contributed by atoms with Crippen molar-refractivity contribution in [1.29, 1.82) is 0 Å². The number of nitrogens with zero attached hydrogens (tertiary/aromatic N) is 3. The lowest BCUT2D eigenvalue weighted by molar-refractivity contribution is 0.0175. The maximum Gasteiger partial charge on any atom is 0.410 e. The number of methoxy groups -OCH3 is 2. The highest BCUT2D eigenvalue weighted by Gasteiger charge is 2.37. The van der Waals surface area contributed by atoms with E-state index >= 15 is 0 Å². The molecule has 4 rings (SSSR count). The van der Waals surface area contributed by atoms with Crippen LogP contribution in [-0.2, 0) is 4.74 Å². The number of hydrogen-bond donors (Lipinski definition) is 2. The van der Waals surface area contributed by atoms with Crippen LogP contribution in [-0.4, -0.2) is 71.1 Å². The van der Waals surface area contributed by atoms with Crippen LogP contribution < -0.4 is 14.8 Å². The van der Waals surface area contributed by atoms with Gasteiger partial charge in [0.2, 0.25) is 5.95 Å². The third kappa shape index (κ3) is 5.79. The minimum absolute atomic E-state index is 0.136. The molecule has 2 atom stereocenters. The number of carbonyl (C=O) groups is 1. The van der Waals surface area contributed by atoms with Crippen LogP contribution in [0.4, 0.5) is 10.7 Å². The Morgan fingerprint density at radius 1 is 1.16 bits per heavy atom. The van der Waals surface area contributed by atoms with Crippen LogP contribution >= 0.6 is 23.2 Å². The van der Waals surface area contributed by atoms with Gasteiger partial charge in [-0.05, 0) is 44.9 Å². The van der Waals surface area contributed by atoms with Crippen molar-refractivity contribution < 1.29 is 24.1 Å². The average molecular weight is 549 g/mol. The van der Waals surface area contributed by atoms with Crippen molar-refractivity contribution in [2.24, 2.45) is 0 Å². The lowest BCUT2D eigenvalue weighted by Crippen LogP contribution is -2.41. The molecule has 2 N–H and O–H groups in total. The van der Waals surface area contributed by atoms with Gasteiger partial charge in [0.15, 0.2) is 0 Å². The molecule has 0 spiro atoms. The number of aromatic nitrogens is 2. The number of anilines is 1. The molecule has 1 fully saturated rings. The molecule has 1 aromatic heterocycles. The van der Waals surface area contributed by atoms with E-state index in [1.807, 2.05) is 39.0 Å². The highest BCUT2D eigenvalue weighted by Crippen LogP contribution is 2.46. The Kier molecular flexibility index (Phi) is 7.87. The van der Waals surface area contributed by atoms with Crippen molar-refractivity contribution in [1.82, 2.24) is 14.9 Å². The maximum absolute atomic E-state index is 12.6. The molecule has 0 radical (unpaired) electrons. The summed E-state index contributed by atoms with van der Waals surface area (Å²) in [6.07, 6.45) is 1.80. The lowest BCUT2D eigenvalue weighted by Gasteiger charge is -2.27. The number of amides is 1. The highest BCUT2D eigenvalue weighted by molar-refractivity contribution is 6.41. The lowest BCUT2D eigenvalue weighted by atomic mass is 10.0. The number of ether oxygens (including phenoxy) is 3. The van der Waals surface area contributed by atoms with Crippen LogP contribution in [0.3, 0.4) is 0 Å². The van der Waals surface area contributed by atoms with Gasteiger partial charge >= 0.3 is 6.09 Å². The number of likely N-dealkylation sites (tertiary alicyclic amines) is 1. The molecule has 1 saturated heterocycles. The summed E-state index contributed by atoms with van der Waals surface area (Å²) in [5.74, 6) is 1.33. The van der Waals surface area contributed by atoms with Crippen LogP contribution in [0.2, 0.25) is 10.0 Å². The van der Waals surface area contributed by atoms with Gasteiger partial charge in [-0.1, -0.05) is 29.3 Å². The molecule has 3 aromatic rings. The maximum atomic E-state index is 12.6. The second kappa shape index (κ2) is 10.8. The average Bonchev–Trinajstić information content (AvgIpc) is 3.26. The normalized spacial score (nSPS) is 17.7. The molecule has 9 nitrogen and oxygen atoms in total. The molecule has 0 unspecified atom stereocenters. The van der Waals surface area contributed by atoms with Gasteiger partial charge in [-0.25, -0.2) is 14.8 Å². The molecule has 0 bridgehead atoms. The number of aliphatic hydroxyl groups is 1. The van der Waals surface area contributed by atoms with E-state index in [0.29, 0.717) is 51.5 Å². The molecule has 2 aromatic carbocycles. The van der Waals surface area contributed by atoms with Crippen molar-refractivity contribution in [3.8, 4) is 22.6 Å². The van der Waals surface area contributed by atoms with Crippen LogP contribution in [0.15, 0.2) is 30.5 Å². The summed E-state index contributed by atoms with van der Waals surface area (Å²) < 4.78 is 16.2. The molecule has 1 aliphatic heterocycles. The van der Waals surface area contributed by atoms with E-state index < -0.39 is 11.7 Å². The first-order valence-corrected chi connectivity index (χ1v) is 12.5.